The van der Waals surface area contributed by atoms with Crippen LogP contribution in [0.25, 0.3) is 10.8 Å². The number of urea groups is 1. The molecule has 0 unspecified atom stereocenters. The smallest absolute Gasteiger partial charge is 0.319 e. The Balaban J connectivity index is 1.61. The van der Waals surface area contributed by atoms with Crippen molar-refractivity contribution < 1.29 is 14.0 Å². The molecule has 26 heavy (non-hydrogen) atoms. The van der Waals surface area contributed by atoms with E-state index in [9.17, 15) is 14.0 Å². The highest BCUT2D eigenvalue weighted by Crippen LogP contribution is 2.19. The predicted octanol–water partition coefficient (Wildman–Crippen LogP) is 3.44. The average molecular weight is 351 g/mol. The minimum absolute atomic E-state index is 0.0936. The Morgan fingerprint density at radius 3 is 2.58 bits per heavy atom. The van der Waals surface area contributed by atoms with Crippen molar-refractivity contribution in [3.8, 4) is 0 Å². The highest BCUT2D eigenvalue weighted by molar-refractivity contribution is 5.96. The first-order valence-corrected chi connectivity index (χ1v) is 8.15. The van der Waals surface area contributed by atoms with E-state index in [4.69, 9.17) is 5.73 Å². The number of hydrogen-bond donors (Lipinski definition) is 3. The number of carbonyl (C=O) groups excluding carboxylic acids is 2. The van der Waals surface area contributed by atoms with E-state index < -0.39 is 17.8 Å². The molecule has 0 atom stereocenters. The van der Waals surface area contributed by atoms with Crippen LogP contribution in [0.4, 0.5) is 14.9 Å². The molecule has 3 amide bonds. The van der Waals surface area contributed by atoms with Crippen molar-refractivity contribution in [2.24, 2.45) is 5.73 Å². The second kappa shape index (κ2) is 7.65. The summed E-state index contributed by atoms with van der Waals surface area (Å²) in [6.45, 7) is 0.386. The zero-order valence-electron chi connectivity index (χ0n) is 14.0. The van der Waals surface area contributed by atoms with Crippen LogP contribution in [0.15, 0.2) is 60.7 Å². The van der Waals surface area contributed by atoms with E-state index in [-0.39, 0.29) is 11.3 Å². The van der Waals surface area contributed by atoms with Gasteiger partial charge >= 0.3 is 6.03 Å². The summed E-state index contributed by atoms with van der Waals surface area (Å²) in [4.78, 5) is 23.2. The highest BCUT2D eigenvalue weighted by Gasteiger charge is 2.10. The molecular weight excluding hydrogens is 333 g/mol. The van der Waals surface area contributed by atoms with Gasteiger partial charge in [0, 0.05) is 12.1 Å². The van der Waals surface area contributed by atoms with E-state index in [1.807, 2.05) is 42.5 Å². The van der Waals surface area contributed by atoms with Crippen LogP contribution >= 0.6 is 0 Å². The van der Waals surface area contributed by atoms with Gasteiger partial charge < -0.3 is 16.4 Å². The Hall–Kier alpha value is -3.41. The van der Waals surface area contributed by atoms with Gasteiger partial charge in [-0.25, -0.2) is 9.18 Å². The van der Waals surface area contributed by atoms with Gasteiger partial charge in [0.2, 0.25) is 5.91 Å². The fraction of sp³-hybridized carbons (Fsp3) is 0.100. The van der Waals surface area contributed by atoms with Gasteiger partial charge in [-0.15, -0.1) is 0 Å². The zero-order chi connectivity index (χ0) is 18.5. The summed E-state index contributed by atoms with van der Waals surface area (Å²) in [6, 6.07) is 17.1. The molecule has 3 aromatic rings. The first kappa shape index (κ1) is 17.4. The van der Waals surface area contributed by atoms with E-state index in [0.717, 1.165) is 22.4 Å². The molecule has 0 aliphatic carbocycles. The summed E-state index contributed by atoms with van der Waals surface area (Å²) >= 11 is 0. The topological polar surface area (TPSA) is 84.2 Å². The van der Waals surface area contributed by atoms with Crippen LogP contribution in [0.5, 0.6) is 0 Å². The van der Waals surface area contributed by atoms with Crippen molar-refractivity contribution in [3.63, 3.8) is 0 Å². The third-order valence-corrected chi connectivity index (χ3v) is 4.06. The number of halogens is 1. The van der Waals surface area contributed by atoms with Crippen LogP contribution in [-0.2, 0) is 6.42 Å². The minimum Gasteiger partial charge on any atom is -0.366 e. The number of fused-ring (bicyclic) bond motifs is 1. The molecule has 0 spiro atoms. The van der Waals surface area contributed by atoms with Crippen molar-refractivity contribution in [1.29, 1.82) is 0 Å². The number of rotatable bonds is 5. The van der Waals surface area contributed by atoms with Gasteiger partial charge in [0.15, 0.2) is 0 Å². The van der Waals surface area contributed by atoms with Crippen molar-refractivity contribution in [2.75, 3.05) is 11.9 Å². The summed E-state index contributed by atoms with van der Waals surface area (Å²) in [6.07, 6.45) is 0.637. The second-order valence-electron chi connectivity index (χ2n) is 5.83. The SMILES string of the molecule is NC(=O)c1ccc(F)c(NC(=O)NCCc2cccc3ccccc23)c1. The molecule has 0 saturated carbocycles. The highest BCUT2D eigenvalue weighted by atomic mass is 19.1. The van der Waals surface area contributed by atoms with Crippen LogP contribution in [-0.4, -0.2) is 18.5 Å². The van der Waals surface area contributed by atoms with Crippen LogP contribution in [0.1, 0.15) is 15.9 Å². The van der Waals surface area contributed by atoms with E-state index in [2.05, 4.69) is 10.6 Å². The van der Waals surface area contributed by atoms with Crippen molar-refractivity contribution >= 4 is 28.4 Å². The molecule has 5 nitrogen and oxygen atoms in total. The molecule has 6 heteroatoms. The standard InChI is InChI=1S/C20H18FN3O2/c21-17-9-8-15(19(22)25)12-18(17)24-20(26)23-11-10-14-6-3-5-13-4-1-2-7-16(13)14/h1-9,12H,10-11H2,(H2,22,25)(H2,23,24,26). The predicted molar refractivity (Wildman–Crippen MR) is 99.6 cm³/mol. The number of nitrogens with two attached hydrogens (primary N) is 1. The Kier molecular flexibility index (Phi) is 5.12. The molecule has 3 aromatic carbocycles. The molecule has 0 radical (unpaired) electrons. The second-order valence-corrected chi connectivity index (χ2v) is 5.83. The maximum absolute atomic E-state index is 13.8. The number of amides is 3. The summed E-state index contributed by atoms with van der Waals surface area (Å²) in [5.41, 5.74) is 6.31. The first-order chi connectivity index (χ1) is 12.5. The molecular formula is C20H18FN3O2. The Labute approximate surface area is 150 Å². The van der Waals surface area contributed by atoms with E-state index in [1.165, 1.54) is 12.1 Å². The Morgan fingerprint density at radius 2 is 1.77 bits per heavy atom. The molecule has 0 bridgehead atoms. The quantitative estimate of drug-likeness (QED) is 0.658. The molecule has 0 saturated heterocycles. The zero-order valence-corrected chi connectivity index (χ0v) is 14.0. The molecule has 132 valence electrons. The number of nitrogens with one attached hydrogen (secondary N) is 2. The van der Waals surface area contributed by atoms with Gasteiger partial charge in [-0.3, -0.25) is 4.79 Å². The number of anilines is 1. The number of primary amides is 1. The number of hydrogen-bond acceptors (Lipinski definition) is 2. The fourth-order valence-electron chi connectivity index (χ4n) is 2.76. The van der Waals surface area contributed by atoms with Crippen LogP contribution in [0.2, 0.25) is 0 Å². The Morgan fingerprint density at radius 1 is 1.00 bits per heavy atom. The van der Waals surface area contributed by atoms with E-state index in [0.29, 0.717) is 13.0 Å². The summed E-state index contributed by atoms with van der Waals surface area (Å²) in [5, 5.41) is 7.36. The molecule has 3 rings (SSSR count). The molecule has 0 aliphatic rings. The van der Waals surface area contributed by atoms with Gasteiger partial charge in [0.1, 0.15) is 5.82 Å². The lowest BCUT2D eigenvalue weighted by molar-refractivity contribution is 0.1000. The lowest BCUT2D eigenvalue weighted by atomic mass is 10.0. The third kappa shape index (κ3) is 3.97. The monoisotopic (exact) mass is 351 g/mol. The number of carbonyl (C=O) groups is 2. The molecule has 0 heterocycles. The summed E-state index contributed by atoms with van der Waals surface area (Å²) < 4.78 is 13.8. The van der Waals surface area contributed by atoms with Gasteiger partial charge in [-0.2, -0.15) is 0 Å². The largest absolute Gasteiger partial charge is 0.366 e. The molecule has 0 aromatic heterocycles. The lowest BCUT2D eigenvalue weighted by Gasteiger charge is -2.10. The van der Waals surface area contributed by atoms with Crippen molar-refractivity contribution in [1.82, 2.24) is 5.32 Å². The van der Waals surface area contributed by atoms with Crippen LogP contribution < -0.4 is 16.4 Å². The minimum atomic E-state index is -0.690. The lowest BCUT2D eigenvalue weighted by Crippen LogP contribution is -2.31. The average Bonchev–Trinajstić information content (AvgIpc) is 2.63. The van der Waals surface area contributed by atoms with Gasteiger partial charge in [0.05, 0.1) is 5.69 Å². The molecule has 4 N–H and O–H groups in total. The Bertz CT molecular complexity index is 967. The first-order valence-electron chi connectivity index (χ1n) is 8.15. The summed E-state index contributed by atoms with van der Waals surface area (Å²) in [5.74, 6) is -1.33. The van der Waals surface area contributed by atoms with Gasteiger partial charge in [-0.05, 0) is 41.0 Å². The third-order valence-electron chi connectivity index (χ3n) is 4.06. The molecule has 0 fully saturated rings. The fourth-order valence-corrected chi connectivity index (χ4v) is 2.76. The number of benzene rings is 3. The van der Waals surface area contributed by atoms with Gasteiger partial charge in [-0.1, -0.05) is 42.5 Å². The van der Waals surface area contributed by atoms with Crippen LogP contribution in [0.3, 0.4) is 0 Å². The summed E-state index contributed by atoms with van der Waals surface area (Å²) in [7, 11) is 0. The van der Waals surface area contributed by atoms with Gasteiger partial charge in [0.25, 0.3) is 0 Å². The van der Waals surface area contributed by atoms with E-state index in [1.54, 1.807) is 0 Å². The van der Waals surface area contributed by atoms with E-state index >= 15 is 0 Å². The maximum Gasteiger partial charge on any atom is 0.319 e. The van der Waals surface area contributed by atoms with Crippen LogP contribution in [0, 0.1) is 5.82 Å². The molecule has 0 aliphatic heterocycles. The normalized spacial score (nSPS) is 10.5. The maximum atomic E-state index is 13.8. The van der Waals surface area contributed by atoms with Crippen molar-refractivity contribution in [3.05, 3.63) is 77.6 Å². The van der Waals surface area contributed by atoms with Crippen molar-refractivity contribution in [2.45, 2.75) is 6.42 Å².